The summed E-state index contributed by atoms with van der Waals surface area (Å²) in [6.45, 7) is 9.01. The lowest BCUT2D eigenvalue weighted by Crippen LogP contribution is -2.39. The molecule has 1 amide bonds. The Morgan fingerprint density at radius 3 is 2.40 bits per heavy atom. The van der Waals surface area contributed by atoms with Gasteiger partial charge in [0.15, 0.2) is 5.60 Å². The van der Waals surface area contributed by atoms with E-state index in [0.717, 1.165) is 39.9 Å². The van der Waals surface area contributed by atoms with Gasteiger partial charge in [-0.05, 0) is 94.1 Å². The van der Waals surface area contributed by atoms with E-state index in [1.807, 2.05) is 42.8 Å². The first-order valence-electron chi connectivity index (χ1n) is 13.7. The van der Waals surface area contributed by atoms with E-state index < -0.39 is 29.4 Å². The van der Waals surface area contributed by atoms with Crippen LogP contribution >= 0.6 is 0 Å². The van der Waals surface area contributed by atoms with Crippen LogP contribution in [0.25, 0.3) is 10.9 Å². The number of halogens is 3. The van der Waals surface area contributed by atoms with Crippen molar-refractivity contribution < 1.29 is 32.2 Å². The summed E-state index contributed by atoms with van der Waals surface area (Å²) in [5, 5.41) is 3.80. The number of fused-ring (bicyclic) bond motifs is 1. The van der Waals surface area contributed by atoms with Gasteiger partial charge in [-0.3, -0.25) is 4.79 Å². The fourth-order valence-electron chi connectivity index (χ4n) is 4.92. The number of esters is 1. The molecule has 3 aromatic carbocycles. The number of amides is 1. The Morgan fingerprint density at radius 2 is 1.71 bits per heavy atom. The average molecular weight is 581 g/mol. The molecular weight excluding hydrogens is 545 g/mol. The van der Waals surface area contributed by atoms with Gasteiger partial charge in [0.2, 0.25) is 0 Å². The van der Waals surface area contributed by atoms with Gasteiger partial charge in [0.05, 0.1) is 18.2 Å². The second-order valence-corrected chi connectivity index (χ2v) is 10.8. The third kappa shape index (κ3) is 6.61. The minimum atomic E-state index is -4.46. The maximum Gasteiger partial charge on any atom is 0.416 e. The predicted octanol–water partition coefficient (Wildman–Crippen LogP) is 7.31. The molecule has 1 N–H and O–H groups in total. The minimum Gasteiger partial charge on any atom is -0.476 e. The van der Waals surface area contributed by atoms with E-state index in [1.165, 1.54) is 6.07 Å². The van der Waals surface area contributed by atoms with E-state index in [-0.39, 0.29) is 12.5 Å². The SMILES string of the molecule is CCOC(=O)C(C)(C)Oc1cccc(Cc2c(C)n(C)c3cc(C(=O)N[C@@H](C)c4cccc(C(F)(F)F)c4)ccc23)c1. The van der Waals surface area contributed by atoms with Crippen LogP contribution in [0.3, 0.4) is 0 Å². The lowest BCUT2D eigenvalue weighted by Gasteiger charge is -2.24. The van der Waals surface area contributed by atoms with Crippen molar-refractivity contribution in [2.24, 2.45) is 7.05 Å². The van der Waals surface area contributed by atoms with E-state index in [0.29, 0.717) is 23.3 Å². The zero-order chi connectivity index (χ0) is 30.8. The molecule has 222 valence electrons. The second kappa shape index (κ2) is 11.9. The molecule has 0 saturated carbocycles. The molecule has 4 aromatic rings. The molecule has 1 aromatic heterocycles. The van der Waals surface area contributed by atoms with E-state index in [1.54, 1.807) is 52.0 Å². The number of ether oxygens (including phenoxy) is 2. The highest BCUT2D eigenvalue weighted by Gasteiger charge is 2.32. The number of carbonyl (C=O) groups excluding carboxylic acids is 2. The highest BCUT2D eigenvalue weighted by molar-refractivity contribution is 5.99. The van der Waals surface area contributed by atoms with Crippen molar-refractivity contribution in [3.63, 3.8) is 0 Å². The zero-order valence-corrected chi connectivity index (χ0v) is 24.6. The van der Waals surface area contributed by atoms with Gasteiger partial charge in [-0.25, -0.2) is 4.79 Å². The Kier molecular flexibility index (Phi) is 8.71. The summed E-state index contributed by atoms with van der Waals surface area (Å²) in [4.78, 5) is 25.4. The summed E-state index contributed by atoms with van der Waals surface area (Å²) >= 11 is 0. The largest absolute Gasteiger partial charge is 0.476 e. The van der Waals surface area contributed by atoms with Gasteiger partial charge in [0, 0.05) is 29.2 Å². The summed E-state index contributed by atoms with van der Waals surface area (Å²) in [6, 6.07) is 17.3. The van der Waals surface area contributed by atoms with Crippen LogP contribution in [0.4, 0.5) is 13.2 Å². The summed E-state index contributed by atoms with van der Waals surface area (Å²) < 4.78 is 52.5. The van der Waals surface area contributed by atoms with Crippen molar-refractivity contribution in [1.29, 1.82) is 0 Å². The Morgan fingerprint density at radius 1 is 1.00 bits per heavy atom. The molecule has 0 unspecified atom stereocenters. The van der Waals surface area contributed by atoms with Crippen molar-refractivity contribution in [3.05, 3.63) is 100 Å². The first-order chi connectivity index (χ1) is 19.7. The fourth-order valence-corrected chi connectivity index (χ4v) is 4.92. The van der Waals surface area contributed by atoms with Crippen LogP contribution < -0.4 is 10.1 Å². The molecular formula is C33H35F3N2O4. The van der Waals surface area contributed by atoms with E-state index in [4.69, 9.17) is 9.47 Å². The molecule has 0 saturated heterocycles. The standard InChI is InChI=1S/C33H35F3N2O4/c1-7-41-31(40)32(4,5)42-26-13-8-10-22(16-26)17-28-21(3)38(6)29-19-24(14-15-27(28)29)30(39)37-20(2)23-11-9-12-25(18-23)33(34,35)36/h8-16,18-20H,7,17H2,1-6H3,(H,37,39)/t20-/m0/s1. The molecule has 0 aliphatic carbocycles. The van der Waals surface area contributed by atoms with Gasteiger partial charge in [-0.1, -0.05) is 30.3 Å². The minimum absolute atomic E-state index is 0.268. The number of aryl methyl sites for hydroxylation is 1. The Bertz CT molecular complexity index is 1620. The van der Waals surface area contributed by atoms with Gasteiger partial charge < -0.3 is 19.4 Å². The number of benzene rings is 3. The second-order valence-electron chi connectivity index (χ2n) is 10.8. The molecule has 0 aliphatic rings. The van der Waals surface area contributed by atoms with Crippen LogP contribution in [0, 0.1) is 6.92 Å². The first-order valence-corrected chi connectivity index (χ1v) is 13.7. The molecule has 0 spiro atoms. The molecule has 0 fully saturated rings. The van der Waals surface area contributed by atoms with E-state index >= 15 is 0 Å². The van der Waals surface area contributed by atoms with E-state index in [2.05, 4.69) is 5.32 Å². The maximum atomic E-state index is 13.1. The van der Waals surface area contributed by atoms with Crippen LogP contribution in [-0.4, -0.2) is 28.7 Å². The quantitative estimate of drug-likeness (QED) is 0.211. The maximum absolute atomic E-state index is 13.1. The van der Waals surface area contributed by atoms with Gasteiger partial charge in [-0.2, -0.15) is 13.2 Å². The van der Waals surface area contributed by atoms with Gasteiger partial charge in [-0.15, -0.1) is 0 Å². The van der Waals surface area contributed by atoms with Crippen molar-refractivity contribution in [2.75, 3.05) is 6.61 Å². The molecule has 42 heavy (non-hydrogen) atoms. The molecule has 6 nitrogen and oxygen atoms in total. The van der Waals surface area contributed by atoms with Crippen LogP contribution in [0.1, 0.15) is 72.0 Å². The van der Waals surface area contributed by atoms with Crippen molar-refractivity contribution in [3.8, 4) is 5.75 Å². The lowest BCUT2D eigenvalue weighted by molar-refractivity contribution is -0.158. The number of hydrogen-bond donors (Lipinski definition) is 1. The van der Waals surface area contributed by atoms with Crippen LogP contribution in [0.15, 0.2) is 66.7 Å². The summed E-state index contributed by atoms with van der Waals surface area (Å²) in [6.07, 6.45) is -3.86. The number of carbonyl (C=O) groups is 2. The Hall–Kier alpha value is -4.27. The average Bonchev–Trinajstić information content (AvgIpc) is 3.17. The van der Waals surface area contributed by atoms with Crippen molar-refractivity contribution in [2.45, 2.75) is 58.9 Å². The van der Waals surface area contributed by atoms with Gasteiger partial charge in [0.25, 0.3) is 5.91 Å². The monoisotopic (exact) mass is 580 g/mol. The summed E-state index contributed by atoms with van der Waals surface area (Å²) in [7, 11) is 1.93. The third-order valence-corrected chi connectivity index (χ3v) is 7.37. The number of nitrogens with one attached hydrogen (secondary N) is 1. The molecule has 0 aliphatic heterocycles. The summed E-state index contributed by atoms with van der Waals surface area (Å²) in [5.41, 5.74) is 2.83. The predicted molar refractivity (Wildman–Crippen MR) is 156 cm³/mol. The Labute approximate surface area is 243 Å². The Balaban J connectivity index is 1.55. The number of aromatic nitrogens is 1. The topological polar surface area (TPSA) is 69.6 Å². The highest BCUT2D eigenvalue weighted by Crippen LogP contribution is 2.32. The highest BCUT2D eigenvalue weighted by atomic mass is 19.4. The lowest BCUT2D eigenvalue weighted by atomic mass is 10.0. The van der Waals surface area contributed by atoms with Crippen molar-refractivity contribution in [1.82, 2.24) is 9.88 Å². The molecule has 0 radical (unpaired) electrons. The van der Waals surface area contributed by atoms with Gasteiger partial charge in [0.1, 0.15) is 5.75 Å². The molecule has 9 heteroatoms. The zero-order valence-electron chi connectivity index (χ0n) is 24.6. The number of alkyl halides is 3. The number of hydrogen-bond acceptors (Lipinski definition) is 4. The molecule has 1 atom stereocenters. The smallest absolute Gasteiger partial charge is 0.416 e. The summed E-state index contributed by atoms with van der Waals surface area (Å²) in [5.74, 6) is -0.266. The third-order valence-electron chi connectivity index (χ3n) is 7.37. The normalized spacial score (nSPS) is 12.7. The molecule has 1 heterocycles. The van der Waals surface area contributed by atoms with Gasteiger partial charge >= 0.3 is 12.1 Å². The van der Waals surface area contributed by atoms with Crippen LogP contribution in [-0.2, 0) is 29.2 Å². The van der Waals surface area contributed by atoms with E-state index in [9.17, 15) is 22.8 Å². The van der Waals surface area contributed by atoms with Crippen molar-refractivity contribution >= 4 is 22.8 Å². The number of nitrogens with zero attached hydrogens (tertiary/aromatic N) is 1. The number of rotatable bonds is 9. The molecule has 0 bridgehead atoms. The van der Waals surface area contributed by atoms with Crippen LogP contribution in [0.2, 0.25) is 0 Å². The van der Waals surface area contributed by atoms with Crippen LogP contribution in [0.5, 0.6) is 5.75 Å². The first kappa shape index (κ1) is 30.7. The fraction of sp³-hybridized carbons (Fsp3) is 0.333. The molecule has 4 rings (SSSR count).